The van der Waals surface area contributed by atoms with Gasteiger partial charge >= 0.3 is 0 Å². The molecule has 0 fully saturated rings. The van der Waals surface area contributed by atoms with Gasteiger partial charge in [-0.3, -0.25) is 4.57 Å². The molecule has 59 heavy (non-hydrogen) atoms. The van der Waals surface area contributed by atoms with E-state index in [4.69, 9.17) is 4.98 Å². The van der Waals surface area contributed by atoms with E-state index < -0.39 is 5.41 Å². The minimum atomic E-state index is -0.670. The number of hydrogen-bond acceptors (Lipinski definition) is 1. The van der Waals surface area contributed by atoms with E-state index in [2.05, 4.69) is 236 Å². The van der Waals surface area contributed by atoms with Crippen LogP contribution in [-0.4, -0.2) is 14.1 Å². The molecule has 0 saturated carbocycles. The van der Waals surface area contributed by atoms with Crippen molar-refractivity contribution < 1.29 is 4.57 Å². The molecule has 0 aliphatic rings. The summed E-state index contributed by atoms with van der Waals surface area (Å²) >= 11 is 0. The van der Waals surface area contributed by atoms with Gasteiger partial charge in [0.1, 0.15) is 11.5 Å². The molecular weight excluding hydrogens is 717 g/mol. The Hall–Kier alpha value is -7.04. The number of benzene rings is 7. The van der Waals surface area contributed by atoms with Gasteiger partial charge in [0.25, 0.3) is 0 Å². The zero-order valence-electron chi connectivity index (χ0n) is 34.0. The van der Waals surface area contributed by atoms with Crippen molar-refractivity contribution in [2.75, 3.05) is 0 Å². The van der Waals surface area contributed by atoms with Crippen molar-refractivity contribution in [2.24, 2.45) is 0 Å². The molecule has 4 heteroatoms. The molecule has 0 unspecified atom stereocenters. The van der Waals surface area contributed by atoms with Crippen molar-refractivity contribution in [3.63, 3.8) is 0 Å². The fourth-order valence-electron chi connectivity index (χ4n) is 9.44. The predicted octanol–water partition coefficient (Wildman–Crippen LogP) is 13.2. The molecule has 4 nitrogen and oxygen atoms in total. The molecule has 0 amide bonds. The molecule has 0 aliphatic heterocycles. The van der Waals surface area contributed by atoms with Crippen LogP contribution in [0.5, 0.6) is 0 Å². The number of fused-ring (bicyclic) bond motifs is 4. The largest absolute Gasteiger partial charge is 0.294 e. The van der Waals surface area contributed by atoms with E-state index in [1.54, 1.807) is 0 Å². The standard InChI is InChI=1S/C55H47N4/c1-38(2)46-24-11-12-25-47(46)40-32-33-56-54(34-40)59-50-27-14-13-26-48(50)49-31-30-44(36-53(49)59)55(41-18-7-5-8-19-41,42-20-9-6-10-21-42)43-22-17-23-45(35-43)58-37-57(39(3)4)51-28-15-16-29-52(51)58/h5-39H,1-4H3/q+1. The van der Waals surface area contributed by atoms with Gasteiger partial charge in [0.2, 0.25) is 6.33 Å². The van der Waals surface area contributed by atoms with Crippen LogP contribution in [0.3, 0.4) is 0 Å². The van der Waals surface area contributed by atoms with Crippen LogP contribution < -0.4 is 4.57 Å². The fourth-order valence-corrected chi connectivity index (χ4v) is 9.44. The number of para-hydroxylation sites is 3. The lowest BCUT2D eigenvalue weighted by molar-refractivity contribution is -0.691. The lowest BCUT2D eigenvalue weighted by Gasteiger charge is -2.37. The Morgan fingerprint density at radius 2 is 1.14 bits per heavy atom. The first kappa shape index (κ1) is 36.3. The highest BCUT2D eigenvalue weighted by Gasteiger charge is 2.39. The molecule has 7 aromatic carbocycles. The van der Waals surface area contributed by atoms with Crippen molar-refractivity contribution in [1.29, 1.82) is 0 Å². The van der Waals surface area contributed by atoms with Crippen molar-refractivity contribution >= 4 is 32.8 Å². The first-order valence-corrected chi connectivity index (χ1v) is 20.8. The summed E-state index contributed by atoms with van der Waals surface area (Å²) in [6.45, 7) is 9.02. The van der Waals surface area contributed by atoms with E-state index in [0.29, 0.717) is 12.0 Å². The second-order valence-electron chi connectivity index (χ2n) is 16.2. The van der Waals surface area contributed by atoms with Crippen molar-refractivity contribution in [3.05, 3.63) is 228 Å². The second-order valence-corrected chi connectivity index (χ2v) is 16.2. The van der Waals surface area contributed by atoms with E-state index >= 15 is 0 Å². The van der Waals surface area contributed by atoms with Crippen LogP contribution in [0.15, 0.2) is 201 Å². The lowest BCUT2D eigenvalue weighted by Crippen LogP contribution is -2.34. The number of hydrogen-bond donors (Lipinski definition) is 0. The highest BCUT2D eigenvalue weighted by Crippen LogP contribution is 2.47. The number of aromatic nitrogens is 4. The molecule has 10 aromatic rings. The maximum atomic E-state index is 5.09. The van der Waals surface area contributed by atoms with Crippen LogP contribution in [0.2, 0.25) is 0 Å². The summed E-state index contributed by atoms with van der Waals surface area (Å²) in [5, 5.41) is 2.40. The van der Waals surface area contributed by atoms with Gasteiger partial charge in [-0.05, 0) is 107 Å². The third-order valence-electron chi connectivity index (χ3n) is 12.2. The SMILES string of the molecule is CC(C)c1ccccc1-c1ccnc(-n2c3ccccc3c3ccc(C(c4ccccc4)(c4ccccc4)c4cccc(-n5c[n+](C(C)C)c6ccccc65)c4)cc32)c1. The van der Waals surface area contributed by atoms with Crippen LogP contribution in [0.4, 0.5) is 0 Å². The molecule has 286 valence electrons. The summed E-state index contributed by atoms with van der Waals surface area (Å²) in [4.78, 5) is 5.09. The molecule has 0 radical (unpaired) electrons. The summed E-state index contributed by atoms with van der Waals surface area (Å²) in [5.74, 6) is 1.29. The minimum Gasteiger partial charge on any atom is -0.294 e. The maximum Gasteiger partial charge on any atom is 0.250 e. The van der Waals surface area contributed by atoms with Crippen LogP contribution in [0.1, 0.15) is 67.5 Å². The Labute approximate surface area is 346 Å². The first-order valence-electron chi connectivity index (χ1n) is 20.8. The molecule has 0 atom stereocenters. The smallest absolute Gasteiger partial charge is 0.250 e. The molecule has 3 aromatic heterocycles. The lowest BCUT2D eigenvalue weighted by atomic mass is 9.65. The summed E-state index contributed by atoms with van der Waals surface area (Å²) in [5.41, 5.74) is 13.6. The summed E-state index contributed by atoms with van der Waals surface area (Å²) < 4.78 is 7.07. The van der Waals surface area contributed by atoms with E-state index in [1.807, 2.05) is 6.20 Å². The molecule has 0 bridgehead atoms. The first-order chi connectivity index (χ1) is 28.9. The minimum absolute atomic E-state index is 0.315. The number of nitrogens with zero attached hydrogens (tertiary/aromatic N) is 4. The van der Waals surface area contributed by atoms with Crippen molar-refractivity contribution in [3.8, 4) is 22.6 Å². The quantitative estimate of drug-likeness (QED) is 0.106. The Bertz CT molecular complexity index is 3070. The zero-order valence-corrected chi connectivity index (χ0v) is 34.0. The Balaban J connectivity index is 1.26. The third-order valence-corrected chi connectivity index (χ3v) is 12.2. The normalized spacial score (nSPS) is 12.0. The molecular formula is C55H47N4+. The average molecular weight is 764 g/mol. The zero-order chi connectivity index (χ0) is 40.1. The summed E-state index contributed by atoms with van der Waals surface area (Å²) in [6, 6.07) is 69.2. The van der Waals surface area contributed by atoms with Crippen LogP contribution in [-0.2, 0) is 5.41 Å². The molecule has 10 rings (SSSR count). The molecule has 0 aliphatic carbocycles. The van der Waals surface area contributed by atoms with Crippen LogP contribution in [0.25, 0.3) is 55.5 Å². The van der Waals surface area contributed by atoms with Crippen LogP contribution in [0, 0.1) is 0 Å². The van der Waals surface area contributed by atoms with Gasteiger partial charge in [-0.15, -0.1) is 0 Å². The fraction of sp³-hybridized carbons (Fsp3) is 0.127. The molecule has 0 N–H and O–H groups in total. The Morgan fingerprint density at radius 1 is 0.508 bits per heavy atom. The third kappa shape index (κ3) is 5.98. The van der Waals surface area contributed by atoms with Crippen molar-refractivity contribution in [1.82, 2.24) is 14.1 Å². The highest BCUT2D eigenvalue weighted by molar-refractivity contribution is 6.09. The maximum absolute atomic E-state index is 5.09. The molecule has 0 spiro atoms. The Kier molecular flexibility index (Phi) is 9.06. The number of imidazole rings is 1. The van der Waals surface area contributed by atoms with E-state index in [1.165, 1.54) is 55.2 Å². The van der Waals surface area contributed by atoms with E-state index in [9.17, 15) is 0 Å². The van der Waals surface area contributed by atoms with Crippen molar-refractivity contribution in [2.45, 2.75) is 45.1 Å². The highest BCUT2D eigenvalue weighted by atomic mass is 15.1. The second kappa shape index (κ2) is 14.7. The van der Waals surface area contributed by atoms with Gasteiger partial charge in [-0.25, -0.2) is 9.55 Å². The van der Waals surface area contributed by atoms with Gasteiger partial charge in [0.05, 0.1) is 22.5 Å². The van der Waals surface area contributed by atoms with Gasteiger partial charge in [0.15, 0.2) is 11.0 Å². The predicted molar refractivity (Wildman–Crippen MR) is 244 cm³/mol. The van der Waals surface area contributed by atoms with E-state index in [-0.39, 0.29) is 0 Å². The summed E-state index contributed by atoms with van der Waals surface area (Å²) in [7, 11) is 0. The summed E-state index contributed by atoms with van der Waals surface area (Å²) in [6.07, 6.45) is 4.22. The number of rotatable bonds is 9. The van der Waals surface area contributed by atoms with Gasteiger partial charge < -0.3 is 0 Å². The van der Waals surface area contributed by atoms with Gasteiger partial charge in [-0.1, -0.05) is 153 Å². The Morgan fingerprint density at radius 3 is 1.88 bits per heavy atom. The molecule has 0 saturated heterocycles. The average Bonchev–Trinajstić information content (AvgIpc) is 3.84. The van der Waals surface area contributed by atoms with Crippen LogP contribution >= 0.6 is 0 Å². The van der Waals surface area contributed by atoms with Gasteiger partial charge in [-0.2, -0.15) is 4.57 Å². The van der Waals surface area contributed by atoms with Gasteiger partial charge in [0, 0.05) is 17.0 Å². The number of pyridine rings is 1. The molecule has 3 heterocycles. The topological polar surface area (TPSA) is 26.6 Å². The van der Waals surface area contributed by atoms with E-state index in [0.717, 1.165) is 28.1 Å². The monoisotopic (exact) mass is 763 g/mol.